The highest BCUT2D eigenvalue weighted by Gasteiger charge is 2.35. The van der Waals surface area contributed by atoms with Gasteiger partial charge in [0.15, 0.2) is 0 Å². The van der Waals surface area contributed by atoms with Gasteiger partial charge in [-0.1, -0.05) is 19.3 Å². The van der Waals surface area contributed by atoms with Gasteiger partial charge in [0.1, 0.15) is 5.01 Å². The molecule has 1 aliphatic carbocycles. The Bertz CT molecular complexity index is 382. The first-order valence-electron chi connectivity index (χ1n) is 7.65. The van der Waals surface area contributed by atoms with Crippen molar-refractivity contribution in [2.24, 2.45) is 5.92 Å². The molecule has 1 aromatic heterocycles. The standard InChI is InChI=1S/C15H24N2OS/c18-14-7-2-1-5-12(14)13-6-3-4-9-17(13)11-15-16-8-10-19-15/h8,10,12-14,18H,1-7,9,11H2. The number of aliphatic hydroxyl groups excluding tert-OH is 1. The Morgan fingerprint density at radius 2 is 2.05 bits per heavy atom. The Morgan fingerprint density at radius 3 is 2.84 bits per heavy atom. The number of aromatic nitrogens is 1. The lowest BCUT2D eigenvalue weighted by Gasteiger charge is -2.43. The molecule has 0 radical (unpaired) electrons. The van der Waals surface area contributed by atoms with Crippen LogP contribution in [0.2, 0.25) is 0 Å². The fourth-order valence-electron chi connectivity index (χ4n) is 3.79. The number of thiazole rings is 1. The van der Waals surface area contributed by atoms with E-state index in [9.17, 15) is 5.11 Å². The number of rotatable bonds is 3. The number of aliphatic hydroxyl groups is 1. The minimum atomic E-state index is -0.0735. The molecule has 0 aromatic carbocycles. The number of nitrogens with zero attached hydrogens (tertiary/aromatic N) is 2. The molecule has 2 aliphatic rings. The van der Waals surface area contributed by atoms with E-state index in [-0.39, 0.29) is 6.10 Å². The summed E-state index contributed by atoms with van der Waals surface area (Å²) in [5.41, 5.74) is 0. The topological polar surface area (TPSA) is 36.4 Å². The van der Waals surface area contributed by atoms with E-state index in [0.29, 0.717) is 12.0 Å². The Balaban J connectivity index is 1.69. The van der Waals surface area contributed by atoms with Crippen molar-refractivity contribution in [1.82, 2.24) is 9.88 Å². The third kappa shape index (κ3) is 3.18. The highest BCUT2D eigenvalue weighted by molar-refractivity contribution is 7.09. The highest BCUT2D eigenvalue weighted by Crippen LogP contribution is 2.34. The number of piperidine rings is 1. The van der Waals surface area contributed by atoms with E-state index in [0.717, 1.165) is 13.0 Å². The molecule has 2 fully saturated rings. The van der Waals surface area contributed by atoms with E-state index in [1.54, 1.807) is 11.3 Å². The van der Waals surface area contributed by atoms with Crippen molar-refractivity contribution in [2.45, 2.75) is 63.6 Å². The van der Waals surface area contributed by atoms with Crippen LogP contribution in [-0.2, 0) is 6.54 Å². The summed E-state index contributed by atoms with van der Waals surface area (Å²) in [5, 5.41) is 13.6. The molecular weight excluding hydrogens is 256 g/mol. The molecule has 1 saturated heterocycles. The van der Waals surface area contributed by atoms with E-state index in [1.165, 1.54) is 50.1 Å². The maximum absolute atomic E-state index is 10.3. The molecule has 1 saturated carbocycles. The summed E-state index contributed by atoms with van der Waals surface area (Å²) in [6, 6.07) is 0.577. The molecule has 0 bridgehead atoms. The quantitative estimate of drug-likeness (QED) is 0.924. The fourth-order valence-corrected chi connectivity index (χ4v) is 4.43. The second kappa shape index (κ2) is 6.33. The van der Waals surface area contributed by atoms with Gasteiger partial charge in [-0.2, -0.15) is 0 Å². The molecule has 3 nitrogen and oxygen atoms in total. The zero-order chi connectivity index (χ0) is 13.1. The average molecular weight is 280 g/mol. The van der Waals surface area contributed by atoms with E-state index < -0.39 is 0 Å². The van der Waals surface area contributed by atoms with Gasteiger partial charge in [-0.25, -0.2) is 4.98 Å². The molecule has 0 spiro atoms. The van der Waals surface area contributed by atoms with Crippen molar-refractivity contribution in [3.05, 3.63) is 16.6 Å². The van der Waals surface area contributed by atoms with Crippen molar-refractivity contribution in [1.29, 1.82) is 0 Å². The molecule has 19 heavy (non-hydrogen) atoms. The minimum Gasteiger partial charge on any atom is -0.393 e. The molecule has 2 heterocycles. The Labute approximate surface area is 119 Å². The van der Waals surface area contributed by atoms with Crippen molar-refractivity contribution < 1.29 is 5.11 Å². The van der Waals surface area contributed by atoms with Crippen LogP contribution in [0.15, 0.2) is 11.6 Å². The van der Waals surface area contributed by atoms with Gasteiger partial charge in [0.2, 0.25) is 0 Å². The van der Waals surface area contributed by atoms with Crippen LogP contribution < -0.4 is 0 Å². The maximum Gasteiger partial charge on any atom is 0.107 e. The molecule has 106 valence electrons. The zero-order valence-corrected chi connectivity index (χ0v) is 12.3. The van der Waals surface area contributed by atoms with Crippen LogP contribution in [0.1, 0.15) is 50.0 Å². The third-order valence-electron chi connectivity index (χ3n) is 4.76. The molecule has 1 N–H and O–H groups in total. The maximum atomic E-state index is 10.3. The predicted octanol–water partition coefficient (Wildman–Crippen LogP) is 3.05. The smallest absolute Gasteiger partial charge is 0.107 e. The molecule has 0 amide bonds. The van der Waals surface area contributed by atoms with Crippen LogP contribution in [0.5, 0.6) is 0 Å². The van der Waals surface area contributed by atoms with E-state index in [1.807, 2.05) is 6.20 Å². The minimum absolute atomic E-state index is 0.0735. The second-order valence-corrected chi connectivity index (χ2v) is 6.95. The monoisotopic (exact) mass is 280 g/mol. The molecule has 4 heteroatoms. The highest BCUT2D eigenvalue weighted by atomic mass is 32.1. The fraction of sp³-hybridized carbons (Fsp3) is 0.800. The van der Waals surface area contributed by atoms with Crippen LogP contribution in [-0.4, -0.2) is 33.7 Å². The first-order valence-corrected chi connectivity index (χ1v) is 8.53. The summed E-state index contributed by atoms with van der Waals surface area (Å²) in [4.78, 5) is 7.01. The van der Waals surface area contributed by atoms with Crippen LogP contribution >= 0.6 is 11.3 Å². The number of hydrogen-bond acceptors (Lipinski definition) is 4. The summed E-state index contributed by atoms with van der Waals surface area (Å²) in [5.74, 6) is 0.494. The SMILES string of the molecule is OC1CCCCC1C1CCCCN1Cc1nccs1. The first kappa shape index (κ1) is 13.5. The van der Waals surface area contributed by atoms with Gasteiger partial charge in [0.05, 0.1) is 12.6 Å². The summed E-state index contributed by atoms with van der Waals surface area (Å²) in [7, 11) is 0. The lowest BCUT2D eigenvalue weighted by Crippen LogP contribution is -2.48. The van der Waals surface area contributed by atoms with Gasteiger partial charge in [-0.15, -0.1) is 11.3 Å². The normalized spacial score (nSPS) is 33.4. The first-order chi connectivity index (χ1) is 9.34. The van der Waals surface area contributed by atoms with Gasteiger partial charge >= 0.3 is 0 Å². The van der Waals surface area contributed by atoms with Crippen molar-refractivity contribution in [2.75, 3.05) is 6.54 Å². The Kier molecular flexibility index (Phi) is 4.51. The summed E-state index contributed by atoms with van der Waals surface area (Å²) in [6.07, 6.45) is 10.4. The molecular formula is C15H24N2OS. The van der Waals surface area contributed by atoms with Gasteiger partial charge in [0, 0.05) is 23.5 Å². The second-order valence-electron chi connectivity index (χ2n) is 5.98. The van der Waals surface area contributed by atoms with Gasteiger partial charge in [0.25, 0.3) is 0 Å². The summed E-state index contributed by atoms with van der Waals surface area (Å²) < 4.78 is 0. The largest absolute Gasteiger partial charge is 0.393 e. The molecule has 3 atom stereocenters. The Morgan fingerprint density at radius 1 is 1.21 bits per heavy atom. The van der Waals surface area contributed by atoms with E-state index in [2.05, 4.69) is 15.3 Å². The number of likely N-dealkylation sites (tertiary alicyclic amines) is 1. The van der Waals surface area contributed by atoms with Crippen molar-refractivity contribution in [3.63, 3.8) is 0 Å². The Hall–Kier alpha value is -0.450. The van der Waals surface area contributed by atoms with Crippen LogP contribution in [0.3, 0.4) is 0 Å². The molecule has 1 aromatic rings. The number of hydrogen-bond donors (Lipinski definition) is 1. The van der Waals surface area contributed by atoms with E-state index in [4.69, 9.17) is 0 Å². The molecule has 3 unspecified atom stereocenters. The van der Waals surface area contributed by atoms with Crippen LogP contribution in [0, 0.1) is 5.92 Å². The lowest BCUT2D eigenvalue weighted by atomic mass is 9.78. The van der Waals surface area contributed by atoms with Crippen molar-refractivity contribution >= 4 is 11.3 Å². The van der Waals surface area contributed by atoms with Crippen molar-refractivity contribution in [3.8, 4) is 0 Å². The van der Waals surface area contributed by atoms with Gasteiger partial charge in [-0.3, -0.25) is 4.90 Å². The van der Waals surface area contributed by atoms with Gasteiger partial charge < -0.3 is 5.11 Å². The van der Waals surface area contributed by atoms with Gasteiger partial charge in [-0.05, 0) is 32.2 Å². The zero-order valence-electron chi connectivity index (χ0n) is 11.5. The van der Waals surface area contributed by atoms with E-state index >= 15 is 0 Å². The molecule has 3 rings (SSSR count). The van der Waals surface area contributed by atoms with Crippen LogP contribution in [0.4, 0.5) is 0 Å². The predicted molar refractivity (Wildman–Crippen MR) is 78.1 cm³/mol. The average Bonchev–Trinajstić information content (AvgIpc) is 2.93. The molecule has 1 aliphatic heterocycles. The van der Waals surface area contributed by atoms with Crippen LogP contribution in [0.25, 0.3) is 0 Å². The summed E-state index contributed by atoms with van der Waals surface area (Å²) >= 11 is 1.75. The summed E-state index contributed by atoms with van der Waals surface area (Å²) in [6.45, 7) is 2.15. The lowest BCUT2D eigenvalue weighted by molar-refractivity contribution is -0.00863. The third-order valence-corrected chi connectivity index (χ3v) is 5.53.